The van der Waals surface area contributed by atoms with E-state index in [4.69, 9.17) is 4.74 Å². The lowest BCUT2D eigenvalue weighted by Gasteiger charge is -2.27. The number of ketones is 1. The van der Waals surface area contributed by atoms with Crippen molar-refractivity contribution >= 4 is 28.8 Å². The SMILES string of the molecule is CCOc1ccc(/C(O)=C2/C(=O)C(=O)N(c3cc(F)ccc3F)C2c2ccc(N(CC)CC)cc2)cc1C(C)C. The van der Waals surface area contributed by atoms with Gasteiger partial charge in [-0.3, -0.25) is 14.5 Å². The lowest BCUT2D eigenvalue weighted by molar-refractivity contribution is -0.132. The van der Waals surface area contributed by atoms with E-state index >= 15 is 4.39 Å². The summed E-state index contributed by atoms with van der Waals surface area (Å²) in [4.78, 5) is 29.9. The van der Waals surface area contributed by atoms with Crippen LogP contribution in [0.4, 0.5) is 20.2 Å². The van der Waals surface area contributed by atoms with Crippen LogP contribution < -0.4 is 14.5 Å². The van der Waals surface area contributed by atoms with Gasteiger partial charge in [-0.05, 0) is 80.3 Å². The molecule has 0 aromatic heterocycles. The third-order valence-electron chi connectivity index (χ3n) is 7.15. The third kappa shape index (κ3) is 5.30. The molecule has 0 aliphatic carbocycles. The standard InChI is InChI=1S/C32H34F2N2O4/c1-6-35(7-2)23-13-9-20(10-14-23)29-28(30(37)21-11-16-27(40-8-3)24(17-21)19(4)5)31(38)32(39)36(29)26-18-22(33)12-15-25(26)34/h9-19,29,37H,6-8H2,1-5H3/b30-28-. The maximum absolute atomic E-state index is 15.0. The highest BCUT2D eigenvalue weighted by Gasteiger charge is 2.48. The molecule has 1 unspecified atom stereocenters. The molecule has 0 saturated carbocycles. The smallest absolute Gasteiger partial charge is 0.300 e. The molecule has 1 atom stereocenters. The lowest BCUT2D eigenvalue weighted by Crippen LogP contribution is -2.30. The minimum Gasteiger partial charge on any atom is -0.507 e. The Morgan fingerprint density at radius 1 is 0.975 bits per heavy atom. The van der Waals surface area contributed by atoms with E-state index in [1.807, 2.05) is 46.8 Å². The van der Waals surface area contributed by atoms with Crippen molar-refractivity contribution < 1.29 is 28.2 Å². The molecule has 0 spiro atoms. The number of hydrogen-bond donors (Lipinski definition) is 1. The predicted octanol–water partition coefficient (Wildman–Crippen LogP) is 6.96. The van der Waals surface area contributed by atoms with Gasteiger partial charge in [-0.15, -0.1) is 0 Å². The summed E-state index contributed by atoms with van der Waals surface area (Å²) < 4.78 is 35.0. The highest BCUT2D eigenvalue weighted by Crippen LogP contribution is 2.44. The second kappa shape index (κ2) is 11.9. The van der Waals surface area contributed by atoms with E-state index < -0.39 is 35.1 Å². The van der Waals surface area contributed by atoms with Crippen molar-refractivity contribution in [3.05, 3.63) is 94.6 Å². The Kier molecular flexibility index (Phi) is 8.57. The Balaban J connectivity index is 1.94. The molecule has 3 aromatic carbocycles. The first-order valence-electron chi connectivity index (χ1n) is 13.5. The number of nitrogens with zero attached hydrogens (tertiary/aromatic N) is 2. The van der Waals surface area contributed by atoms with Crippen molar-refractivity contribution in [3.8, 4) is 5.75 Å². The zero-order valence-corrected chi connectivity index (χ0v) is 23.4. The fraction of sp³-hybridized carbons (Fsp3) is 0.312. The van der Waals surface area contributed by atoms with Crippen LogP contribution in [0.15, 0.2) is 66.2 Å². The molecule has 210 valence electrons. The number of aliphatic hydroxyl groups excluding tert-OH is 1. The van der Waals surface area contributed by atoms with Crippen LogP contribution in [0, 0.1) is 11.6 Å². The number of amides is 1. The van der Waals surface area contributed by atoms with Gasteiger partial charge in [-0.1, -0.05) is 26.0 Å². The minimum atomic E-state index is -1.18. The van der Waals surface area contributed by atoms with Gasteiger partial charge >= 0.3 is 0 Å². The van der Waals surface area contributed by atoms with Crippen molar-refractivity contribution in [2.75, 3.05) is 29.5 Å². The normalized spacial score (nSPS) is 16.6. The van der Waals surface area contributed by atoms with Gasteiger partial charge < -0.3 is 14.7 Å². The predicted molar refractivity (Wildman–Crippen MR) is 153 cm³/mol. The molecule has 3 aromatic rings. The summed E-state index contributed by atoms with van der Waals surface area (Å²) in [5.74, 6) is -3.38. The summed E-state index contributed by atoms with van der Waals surface area (Å²) >= 11 is 0. The van der Waals surface area contributed by atoms with Crippen LogP contribution in [-0.2, 0) is 9.59 Å². The summed E-state index contributed by atoms with van der Waals surface area (Å²) in [7, 11) is 0. The van der Waals surface area contributed by atoms with Crippen LogP contribution in [0.25, 0.3) is 5.76 Å². The number of benzene rings is 3. The molecule has 1 aliphatic rings. The molecule has 4 rings (SSSR count). The molecule has 0 bridgehead atoms. The zero-order valence-electron chi connectivity index (χ0n) is 23.4. The van der Waals surface area contributed by atoms with Crippen molar-refractivity contribution in [1.82, 2.24) is 0 Å². The van der Waals surface area contributed by atoms with Crippen LogP contribution in [0.2, 0.25) is 0 Å². The number of aliphatic hydroxyl groups is 1. The number of halogens is 2. The fourth-order valence-corrected chi connectivity index (χ4v) is 5.11. The van der Waals surface area contributed by atoms with E-state index in [1.165, 1.54) is 0 Å². The lowest BCUT2D eigenvalue weighted by atomic mass is 9.93. The zero-order chi connectivity index (χ0) is 29.1. The molecule has 6 nitrogen and oxygen atoms in total. The molecule has 40 heavy (non-hydrogen) atoms. The van der Waals surface area contributed by atoms with E-state index in [9.17, 15) is 19.1 Å². The Morgan fingerprint density at radius 3 is 2.25 bits per heavy atom. The minimum absolute atomic E-state index is 0.0431. The fourth-order valence-electron chi connectivity index (χ4n) is 5.11. The second-order valence-corrected chi connectivity index (χ2v) is 9.87. The molecular weight excluding hydrogens is 514 g/mol. The topological polar surface area (TPSA) is 70.1 Å². The van der Waals surface area contributed by atoms with Crippen molar-refractivity contribution in [2.24, 2.45) is 0 Å². The molecule has 1 aliphatic heterocycles. The van der Waals surface area contributed by atoms with Crippen LogP contribution in [0.1, 0.15) is 63.3 Å². The summed E-state index contributed by atoms with van der Waals surface area (Å²) in [5, 5.41) is 11.5. The number of Topliss-reactive ketones (excluding diaryl/α,β-unsaturated/α-hetero) is 1. The van der Waals surface area contributed by atoms with Gasteiger partial charge in [0, 0.05) is 30.4 Å². The summed E-state index contributed by atoms with van der Waals surface area (Å²) in [6.07, 6.45) is 0. The number of hydrogen-bond acceptors (Lipinski definition) is 5. The molecule has 0 radical (unpaired) electrons. The summed E-state index contributed by atoms with van der Waals surface area (Å²) in [5.41, 5.74) is 1.94. The Labute approximate surface area is 233 Å². The molecule has 1 amide bonds. The van der Waals surface area contributed by atoms with Crippen molar-refractivity contribution in [3.63, 3.8) is 0 Å². The van der Waals surface area contributed by atoms with Gasteiger partial charge in [0.1, 0.15) is 23.1 Å². The first-order chi connectivity index (χ1) is 19.1. The largest absolute Gasteiger partial charge is 0.507 e. The number of rotatable bonds is 9. The average Bonchev–Trinajstić information content (AvgIpc) is 3.20. The van der Waals surface area contributed by atoms with Gasteiger partial charge in [-0.25, -0.2) is 8.78 Å². The maximum atomic E-state index is 15.0. The van der Waals surface area contributed by atoms with Gasteiger partial charge in [0.2, 0.25) is 0 Å². The van der Waals surface area contributed by atoms with E-state index in [1.54, 1.807) is 30.3 Å². The van der Waals surface area contributed by atoms with Crippen LogP contribution in [0.5, 0.6) is 5.75 Å². The van der Waals surface area contributed by atoms with Crippen molar-refractivity contribution in [1.29, 1.82) is 0 Å². The summed E-state index contributed by atoms with van der Waals surface area (Å²) in [6.45, 7) is 11.9. The molecule has 1 heterocycles. The average molecular weight is 549 g/mol. The number of carbonyl (C=O) groups is 2. The van der Waals surface area contributed by atoms with Crippen LogP contribution in [-0.4, -0.2) is 36.5 Å². The molecular formula is C32H34F2N2O4. The Hall–Kier alpha value is -4.20. The van der Waals surface area contributed by atoms with E-state index in [0.29, 0.717) is 23.5 Å². The molecule has 1 saturated heterocycles. The molecule has 8 heteroatoms. The van der Waals surface area contributed by atoms with E-state index in [0.717, 1.165) is 47.4 Å². The van der Waals surface area contributed by atoms with Crippen LogP contribution in [0.3, 0.4) is 0 Å². The quantitative estimate of drug-likeness (QED) is 0.178. The maximum Gasteiger partial charge on any atom is 0.300 e. The first kappa shape index (κ1) is 28.8. The van der Waals surface area contributed by atoms with E-state index in [-0.39, 0.29) is 17.2 Å². The van der Waals surface area contributed by atoms with E-state index in [2.05, 4.69) is 4.90 Å². The van der Waals surface area contributed by atoms with Gasteiger partial charge in [0.05, 0.1) is 23.9 Å². The Morgan fingerprint density at radius 2 is 1.65 bits per heavy atom. The number of carbonyl (C=O) groups excluding carboxylic acids is 2. The molecule has 1 N–H and O–H groups in total. The van der Waals surface area contributed by atoms with Crippen LogP contribution >= 0.6 is 0 Å². The van der Waals surface area contributed by atoms with Crippen molar-refractivity contribution in [2.45, 2.75) is 46.6 Å². The highest BCUT2D eigenvalue weighted by molar-refractivity contribution is 6.51. The highest BCUT2D eigenvalue weighted by atomic mass is 19.1. The number of anilines is 2. The summed E-state index contributed by atoms with van der Waals surface area (Å²) in [6, 6.07) is 13.8. The van der Waals surface area contributed by atoms with Gasteiger partial charge in [0.25, 0.3) is 11.7 Å². The second-order valence-electron chi connectivity index (χ2n) is 9.87. The molecule has 1 fully saturated rings. The Bertz CT molecular complexity index is 1450. The first-order valence-corrected chi connectivity index (χ1v) is 13.5. The van der Waals surface area contributed by atoms with Gasteiger partial charge in [0.15, 0.2) is 0 Å². The van der Waals surface area contributed by atoms with Gasteiger partial charge in [-0.2, -0.15) is 0 Å². The number of ether oxygens (including phenoxy) is 1. The monoisotopic (exact) mass is 548 g/mol. The third-order valence-corrected chi connectivity index (χ3v) is 7.15.